The van der Waals surface area contributed by atoms with Crippen LogP contribution in [0.3, 0.4) is 0 Å². The first-order chi connectivity index (χ1) is 13.0. The number of benzene rings is 2. The Hall–Kier alpha value is -2.41. The molecule has 2 aromatic carbocycles. The molecule has 0 aliphatic carbocycles. The Morgan fingerprint density at radius 2 is 1.68 bits per heavy atom. The first kappa shape index (κ1) is 21.9. The van der Waals surface area contributed by atoms with Gasteiger partial charge in [-0.1, -0.05) is 30.3 Å². The van der Waals surface area contributed by atoms with E-state index in [0.717, 1.165) is 11.3 Å². The molecule has 6 nitrogen and oxygen atoms in total. The van der Waals surface area contributed by atoms with Crippen molar-refractivity contribution in [1.29, 1.82) is 0 Å². The Morgan fingerprint density at radius 1 is 1.07 bits per heavy atom. The topological polar surface area (TPSA) is 84.7 Å². The molecule has 3 N–H and O–H groups in total. The normalized spacial score (nSPS) is 15.2. The molecule has 28 heavy (non-hydrogen) atoms. The Labute approximate surface area is 171 Å². The number of ether oxygens (including phenoxy) is 1. The predicted octanol–water partition coefficient (Wildman–Crippen LogP) is 2.76. The highest BCUT2D eigenvalue weighted by Gasteiger charge is 2.35. The predicted molar refractivity (Wildman–Crippen MR) is 113 cm³/mol. The van der Waals surface area contributed by atoms with E-state index >= 15 is 0 Å². The number of nitrogens with two attached hydrogens (primary N) is 1. The standard InChI is InChI=1S/C21H25N3O3.ClH/c1-24(18-5-3-2-4-6-18)19(25)15-16-7-9-17(10-8-16)23-20(26)21(22)11-13-27-14-12-21;/h2-10H,11-15,22H2,1H3,(H,23,26);1H. The second-order valence-corrected chi connectivity index (χ2v) is 6.88. The fraction of sp³-hybridized carbons (Fsp3) is 0.333. The van der Waals surface area contributed by atoms with Crippen molar-refractivity contribution in [2.75, 3.05) is 30.5 Å². The third kappa shape index (κ3) is 5.32. The number of hydrogen-bond acceptors (Lipinski definition) is 4. The van der Waals surface area contributed by atoms with E-state index in [0.29, 0.717) is 31.7 Å². The van der Waals surface area contributed by atoms with E-state index in [9.17, 15) is 9.59 Å². The summed E-state index contributed by atoms with van der Waals surface area (Å²) >= 11 is 0. The van der Waals surface area contributed by atoms with Crippen LogP contribution in [0.4, 0.5) is 11.4 Å². The van der Waals surface area contributed by atoms with Crippen LogP contribution >= 0.6 is 12.4 Å². The minimum Gasteiger partial charge on any atom is -0.381 e. The molecule has 0 spiro atoms. The van der Waals surface area contributed by atoms with Crippen molar-refractivity contribution in [3.05, 3.63) is 60.2 Å². The number of nitrogens with one attached hydrogen (secondary N) is 1. The fourth-order valence-electron chi connectivity index (χ4n) is 3.01. The van der Waals surface area contributed by atoms with Gasteiger partial charge in [-0.15, -0.1) is 12.4 Å². The maximum atomic E-state index is 12.5. The van der Waals surface area contributed by atoms with Crippen molar-refractivity contribution in [3.63, 3.8) is 0 Å². The molecule has 0 atom stereocenters. The average Bonchev–Trinajstić information content (AvgIpc) is 2.70. The lowest BCUT2D eigenvalue weighted by Gasteiger charge is -2.31. The summed E-state index contributed by atoms with van der Waals surface area (Å²) in [6, 6.07) is 16.8. The van der Waals surface area contributed by atoms with Crippen LogP contribution < -0.4 is 16.0 Å². The van der Waals surface area contributed by atoms with Gasteiger partial charge >= 0.3 is 0 Å². The van der Waals surface area contributed by atoms with Gasteiger partial charge in [0.1, 0.15) is 5.54 Å². The summed E-state index contributed by atoms with van der Waals surface area (Å²) < 4.78 is 5.27. The molecular weight excluding hydrogens is 378 g/mol. The molecule has 1 fully saturated rings. The SMILES string of the molecule is CN(C(=O)Cc1ccc(NC(=O)C2(N)CCOCC2)cc1)c1ccccc1.Cl. The third-order valence-corrected chi connectivity index (χ3v) is 4.92. The summed E-state index contributed by atoms with van der Waals surface area (Å²) in [4.78, 5) is 26.5. The molecular formula is C21H26ClN3O3. The summed E-state index contributed by atoms with van der Waals surface area (Å²) in [6.45, 7) is 1.000. The van der Waals surface area contributed by atoms with Gasteiger partial charge < -0.3 is 20.7 Å². The smallest absolute Gasteiger partial charge is 0.244 e. The summed E-state index contributed by atoms with van der Waals surface area (Å²) in [6.07, 6.45) is 1.31. The van der Waals surface area contributed by atoms with Gasteiger partial charge in [0.05, 0.1) is 6.42 Å². The van der Waals surface area contributed by atoms with Crippen LogP contribution in [-0.4, -0.2) is 37.6 Å². The zero-order valence-electron chi connectivity index (χ0n) is 15.9. The number of likely N-dealkylation sites (N-methyl/N-ethyl adjacent to an activating group) is 1. The number of carbonyl (C=O) groups is 2. The van der Waals surface area contributed by atoms with Gasteiger partial charge in [-0.05, 0) is 42.7 Å². The minimum absolute atomic E-state index is 0. The molecule has 1 heterocycles. The maximum Gasteiger partial charge on any atom is 0.244 e. The van der Waals surface area contributed by atoms with Crippen molar-refractivity contribution in [3.8, 4) is 0 Å². The molecule has 2 aromatic rings. The number of nitrogens with zero attached hydrogens (tertiary/aromatic N) is 1. The van der Waals surface area contributed by atoms with Crippen molar-refractivity contribution in [2.45, 2.75) is 24.8 Å². The molecule has 3 rings (SSSR count). The first-order valence-corrected chi connectivity index (χ1v) is 9.06. The summed E-state index contributed by atoms with van der Waals surface area (Å²) in [5.41, 5.74) is 7.72. The van der Waals surface area contributed by atoms with E-state index in [1.807, 2.05) is 42.5 Å². The van der Waals surface area contributed by atoms with Crippen molar-refractivity contribution in [2.24, 2.45) is 5.73 Å². The van der Waals surface area contributed by atoms with Crippen molar-refractivity contribution in [1.82, 2.24) is 0 Å². The van der Waals surface area contributed by atoms with Crippen LogP contribution in [-0.2, 0) is 20.7 Å². The van der Waals surface area contributed by atoms with Crippen molar-refractivity contribution < 1.29 is 14.3 Å². The molecule has 0 radical (unpaired) electrons. The van der Waals surface area contributed by atoms with Crippen LogP contribution in [0.2, 0.25) is 0 Å². The lowest BCUT2D eigenvalue weighted by atomic mass is 9.90. The second-order valence-electron chi connectivity index (χ2n) is 6.88. The first-order valence-electron chi connectivity index (χ1n) is 9.06. The fourth-order valence-corrected chi connectivity index (χ4v) is 3.01. The van der Waals surface area contributed by atoms with E-state index < -0.39 is 5.54 Å². The maximum absolute atomic E-state index is 12.5. The molecule has 1 saturated heterocycles. The van der Waals surface area contributed by atoms with Crippen LogP contribution in [0.15, 0.2) is 54.6 Å². The number of halogens is 1. The molecule has 1 aliphatic heterocycles. The van der Waals surface area contributed by atoms with Crippen LogP contribution in [0.1, 0.15) is 18.4 Å². The molecule has 0 bridgehead atoms. The van der Waals surface area contributed by atoms with E-state index in [-0.39, 0.29) is 30.6 Å². The van der Waals surface area contributed by atoms with Crippen LogP contribution in [0.25, 0.3) is 0 Å². The lowest BCUT2D eigenvalue weighted by Crippen LogP contribution is -2.54. The van der Waals surface area contributed by atoms with E-state index in [4.69, 9.17) is 10.5 Å². The number of carbonyl (C=O) groups excluding carboxylic acids is 2. The van der Waals surface area contributed by atoms with E-state index in [1.54, 1.807) is 24.1 Å². The van der Waals surface area contributed by atoms with Crippen molar-refractivity contribution >= 4 is 35.6 Å². The summed E-state index contributed by atoms with van der Waals surface area (Å²) in [5.74, 6) is -0.195. The van der Waals surface area contributed by atoms with Gasteiger partial charge in [-0.25, -0.2) is 0 Å². The van der Waals surface area contributed by atoms with E-state index in [1.165, 1.54) is 0 Å². The van der Waals surface area contributed by atoms with Gasteiger partial charge in [0.25, 0.3) is 0 Å². The van der Waals surface area contributed by atoms with Gasteiger partial charge in [0.15, 0.2) is 0 Å². The Kier molecular flexibility index (Phi) is 7.57. The molecule has 0 aromatic heterocycles. The largest absolute Gasteiger partial charge is 0.381 e. The molecule has 7 heteroatoms. The Balaban J connectivity index is 0.00000280. The van der Waals surface area contributed by atoms with Gasteiger partial charge in [0.2, 0.25) is 11.8 Å². The number of anilines is 2. The van der Waals surface area contributed by atoms with Crippen LogP contribution in [0, 0.1) is 0 Å². The highest BCUT2D eigenvalue weighted by atomic mass is 35.5. The number of hydrogen-bond donors (Lipinski definition) is 2. The lowest BCUT2D eigenvalue weighted by molar-refractivity contribution is -0.124. The van der Waals surface area contributed by atoms with Crippen LogP contribution in [0.5, 0.6) is 0 Å². The summed E-state index contributed by atoms with van der Waals surface area (Å²) in [7, 11) is 1.76. The van der Waals surface area contributed by atoms with Gasteiger partial charge in [0, 0.05) is 31.6 Å². The Morgan fingerprint density at radius 3 is 2.29 bits per heavy atom. The van der Waals surface area contributed by atoms with E-state index in [2.05, 4.69) is 5.32 Å². The molecule has 1 aliphatic rings. The highest BCUT2D eigenvalue weighted by Crippen LogP contribution is 2.21. The highest BCUT2D eigenvalue weighted by molar-refractivity contribution is 5.98. The third-order valence-electron chi connectivity index (χ3n) is 4.92. The zero-order chi connectivity index (χ0) is 19.3. The molecule has 0 saturated carbocycles. The zero-order valence-corrected chi connectivity index (χ0v) is 16.7. The number of amides is 2. The Bertz CT molecular complexity index is 790. The second kappa shape index (κ2) is 9.68. The quantitative estimate of drug-likeness (QED) is 0.803. The number of para-hydroxylation sites is 1. The van der Waals surface area contributed by atoms with Gasteiger partial charge in [-0.2, -0.15) is 0 Å². The van der Waals surface area contributed by atoms with Gasteiger partial charge in [-0.3, -0.25) is 9.59 Å². The number of rotatable bonds is 5. The minimum atomic E-state index is -0.884. The molecule has 0 unspecified atom stereocenters. The average molecular weight is 404 g/mol. The monoisotopic (exact) mass is 403 g/mol. The summed E-state index contributed by atoms with van der Waals surface area (Å²) in [5, 5.41) is 2.87. The molecule has 2 amide bonds. The molecule has 150 valence electrons.